The zero-order valence-electron chi connectivity index (χ0n) is 15.4. The molecule has 0 unspecified atom stereocenters. The van der Waals surface area contributed by atoms with E-state index in [1.54, 1.807) is 36.4 Å². The molecule has 0 aromatic heterocycles. The van der Waals surface area contributed by atoms with Gasteiger partial charge in [-0.1, -0.05) is 49.6 Å². The highest BCUT2D eigenvalue weighted by atomic mass is 32.2. The highest BCUT2D eigenvalue weighted by Crippen LogP contribution is 2.32. The molecule has 2 aromatic carbocycles. The fraction of sp³-hybridized carbons (Fsp3) is 0.381. The molecule has 1 aliphatic carbocycles. The third-order valence-electron chi connectivity index (χ3n) is 5.01. The van der Waals surface area contributed by atoms with Crippen molar-refractivity contribution in [2.24, 2.45) is 0 Å². The molecular weight excluding hydrogens is 360 g/mol. The largest absolute Gasteiger partial charge is 0.351 e. The van der Waals surface area contributed by atoms with Gasteiger partial charge in [-0.2, -0.15) is 0 Å². The summed E-state index contributed by atoms with van der Waals surface area (Å²) in [7, 11) is -3.57. The Labute approximate surface area is 161 Å². The molecule has 0 spiro atoms. The van der Waals surface area contributed by atoms with E-state index in [4.69, 9.17) is 0 Å². The van der Waals surface area contributed by atoms with Gasteiger partial charge in [0.25, 0.3) is 5.91 Å². The number of hydrogen-bond donors (Lipinski definition) is 2. The molecule has 2 N–H and O–H groups in total. The van der Waals surface area contributed by atoms with E-state index in [1.165, 1.54) is 37.7 Å². The summed E-state index contributed by atoms with van der Waals surface area (Å²) < 4.78 is 27.4. The highest BCUT2D eigenvalue weighted by molar-refractivity contribution is 7.89. The predicted octanol–water partition coefficient (Wildman–Crippen LogP) is 3.44. The van der Waals surface area contributed by atoms with Crippen LogP contribution >= 0.6 is 0 Å². The third kappa shape index (κ3) is 5.40. The van der Waals surface area contributed by atoms with Crippen LogP contribution in [0.5, 0.6) is 0 Å². The van der Waals surface area contributed by atoms with Crippen molar-refractivity contribution in [1.82, 2.24) is 10.0 Å². The Morgan fingerprint density at radius 2 is 1.56 bits per heavy atom. The predicted molar refractivity (Wildman–Crippen MR) is 106 cm³/mol. The van der Waals surface area contributed by atoms with Crippen molar-refractivity contribution in [1.29, 1.82) is 0 Å². The number of hydrogen-bond acceptors (Lipinski definition) is 3. The number of amides is 1. The number of rotatable bonds is 7. The minimum absolute atomic E-state index is 0.144. The fourth-order valence-electron chi connectivity index (χ4n) is 3.49. The van der Waals surface area contributed by atoms with Crippen LogP contribution in [0.2, 0.25) is 0 Å². The average molecular weight is 387 g/mol. The molecule has 1 amide bonds. The first-order valence-corrected chi connectivity index (χ1v) is 11.0. The molecule has 1 fully saturated rings. The topological polar surface area (TPSA) is 75.3 Å². The van der Waals surface area contributed by atoms with Gasteiger partial charge in [-0.15, -0.1) is 0 Å². The van der Waals surface area contributed by atoms with Crippen LogP contribution < -0.4 is 10.0 Å². The maximum absolute atomic E-state index is 12.4. The molecule has 0 bridgehead atoms. The second-order valence-electron chi connectivity index (χ2n) is 6.92. The maximum atomic E-state index is 12.4. The van der Waals surface area contributed by atoms with Crippen molar-refractivity contribution in [3.63, 3.8) is 0 Å². The van der Waals surface area contributed by atoms with E-state index in [0.717, 1.165) is 0 Å². The van der Waals surface area contributed by atoms with Gasteiger partial charge in [-0.25, -0.2) is 13.1 Å². The first-order chi connectivity index (χ1) is 13.1. The van der Waals surface area contributed by atoms with E-state index in [2.05, 4.69) is 10.0 Å². The summed E-state index contributed by atoms with van der Waals surface area (Å²) in [6, 6.07) is 16.1. The molecule has 0 atom stereocenters. The van der Waals surface area contributed by atoms with Crippen LogP contribution in [-0.4, -0.2) is 27.4 Å². The van der Waals surface area contributed by atoms with Crippen LogP contribution in [0.1, 0.15) is 53.9 Å². The summed E-state index contributed by atoms with van der Waals surface area (Å²) in [5.41, 5.74) is 1.78. The summed E-state index contributed by atoms with van der Waals surface area (Å²) in [5.74, 6) is 0.336. The van der Waals surface area contributed by atoms with E-state index in [9.17, 15) is 13.2 Å². The summed E-state index contributed by atoms with van der Waals surface area (Å²) in [4.78, 5) is 12.2. The lowest BCUT2D eigenvalue weighted by Crippen LogP contribution is -2.34. The molecule has 3 rings (SSSR count). The van der Waals surface area contributed by atoms with E-state index in [-0.39, 0.29) is 23.9 Å². The summed E-state index contributed by atoms with van der Waals surface area (Å²) >= 11 is 0. The summed E-state index contributed by atoms with van der Waals surface area (Å²) in [6.07, 6.45) is 6.17. The maximum Gasteiger partial charge on any atom is 0.251 e. The molecule has 27 heavy (non-hydrogen) atoms. The number of nitrogens with one attached hydrogen (secondary N) is 2. The molecule has 1 aliphatic rings. The SMILES string of the molecule is O=C(NCCNS(=O)(=O)c1ccc(C2CCCCC2)cc1)c1ccccc1. The normalized spacial score (nSPS) is 15.4. The van der Waals surface area contributed by atoms with Gasteiger partial charge in [0.2, 0.25) is 10.0 Å². The van der Waals surface area contributed by atoms with Crippen molar-refractivity contribution in [2.45, 2.75) is 42.9 Å². The fourth-order valence-corrected chi connectivity index (χ4v) is 4.52. The molecule has 6 heteroatoms. The van der Waals surface area contributed by atoms with Crippen LogP contribution in [0.15, 0.2) is 59.5 Å². The number of carbonyl (C=O) groups is 1. The molecule has 0 radical (unpaired) electrons. The lowest BCUT2D eigenvalue weighted by atomic mass is 9.84. The van der Waals surface area contributed by atoms with Gasteiger partial charge in [0.1, 0.15) is 0 Å². The molecule has 0 saturated heterocycles. The van der Waals surface area contributed by atoms with Crippen molar-refractivity contribution in [3.05, 3.63) is 65.7 Å². The first kappa shape index (κ1) is 19.6. The smallest absolute Gasteiger partial charge is 0.251 e. The van der Waals surface area contributed by atoms with Gasteiger partial charge in [-0.05, 0) is 48.6 Å². The second kappa shape index (κ2) is 9.15. The van der Waals surface area contributed by atoms with Gasteiger partial charge >= 0.3 is 0 Å². The molecule has 144 valence electrons. The zero-order chi connectivity index (χ0) is 19.1. The van der Waals surface area contributed by atoms with E-state index >= 15 is 0 Å². The third-order valence-corrected chi connectivity index (χ3v) is 6.48. The minimum Gasteiger partial charge on any atom is -0.351 e. The number of carbonyl (C=O) groups excluding carboxylic acids is 1. The Balaban J connectivity index is 1.50. The standard InChI is InChI=1S/C21H26N2O3S/c24-21(19-9-5-2-6-10-19)22-15-16-23-27(25,26)20-13-11-18(12-14-20)17-7-3-1-4-8-17/h2,5-6,9-14,17,23H,1,3-4,7-8,15-16H2,(H,22,24). The van der Waals surface area contributed by atoms with Crippen LogP contribution in [0.25, 0.3) is 0 Å². The van der Waals surface area contributed by atoms with Gasteiger partial charge in [-0.3, -0.25) is 4.79 Å². The minimum atomic E-state index is -3.57. The van der Waals surface area contributed by atoms with E-state index in [0.29, 0.717) is 11.5 Å². The van der Waals surface area contributed by atoms with Crippen LogP contribution in [-0.2, 0) is 10.0 Å². The molecule has 0 aliphatic heterocycles. The van der Waals surface area contributed by atoms with Crippen molar-refractivity contribution in [2.75, 3.05) is 13.1 Å². The Bertz CT molecular complexity index is 843. The number of benzene rings is 2. The Hall–Kier alpha value is -2.18. The molecular formula is C21H26N2O3S. The summed E-state index contributed by atoms with van der Waals surface area (Å²) in [6.45, 7) is 0.373. The molecule has 1 saturated carbocycles. The first-order valence-electron chi connectivity index (χ1n) is 9.49. The van der Waals surface area contributed by atoms with Gasteiger partial charge < -0.3 is 5.32 Å². The van der Waals surface area contributed by atoms with Crippen LogP contribution in [0.3, 0.4) is 0 Å². The van der Waals surface area contributed by atoms with E-state index in [1.807, 2.05) is 18.2 Å². The lowest BCUT2D eigenvalue weighted by molar-refractivity contribution is 0.0954. The van der Waals surface area contributed by atoms with Gasteiger partial charge in [0.15, 0.2) is 0 Å². The van der Waals surface area contributed by atoms with Gasteiger partial charge in [0.05, 0.1) is 4.90 Å². The Morgan fingerprint density at radius 3 is 2.22 bits per heavy atom. The van der Waals surface area contributed by atoms with Crippen molar-refractivity contribution in [3.8, 4) is 0 Å². The lowest BCUT2D eigenvalue weighted by Gasteiger charge is -2.22. The zero-order valence-corrected chi connectivity index (χ0v) is 16.2. The molecule has 0 heterocycles. The quantitative estimate of drug-likeness (QED) is 0.716. The van der Waals surface area contributed by atoms with Crippen LogP contribution in [0.4, 0.5) is 0 Å². The Kier molecular flexibility index (Phi) is 6.63. The molecule has 5 nitrogen and oxygen atoms in total. The highest BCUT2D eigenvalue weighted by Gasteiger charge is 2.18. The van der Waals surface area contributed by atoms with Crippen LogP contribution in [0, 0.1) is 0 Å². The van der Waals surface area contributed by atoms with E-state index < -0.39 is 10.0 Å². The van der Waals surface area contributed by atoms with Crippen molar-refractivity contribution < 1.29 is 13.2 Å². The monoisotopic (exact) mass is 386 g/mol. The van der Waals surface area contributed by atoms with Gasteiger partial charge in [0, 0.05) is 18.7 Å². The Morgan fingerprint density at radius 1 is 0.889 bits per heavy atom. The average Bonchev–Trinajstić information content (AvgIpc) is 2.72. The molecule has 2 aromatic rings. The summed E-state index contributed by atoms with van der Waals surface area (Å²) in [5, 5.41) is 2.71. The second-order valence-corrected chi connectivity index (χ2v) is 8.69. The number of sulfonamides is 1. The van der Waals surface area contributed by atoms with Crippen molar-refractivity contribution >= 4 is 15.9 Å².